The van der Waals surface area contributed by atoms with Crippen molar-refractivity contribution in [2.24, 2.45) is 0 Å². The summed E-state index contributed by atoms with van der Waals surface area (Å²) < 4.78 is 49.5. The van der Waals surface area contributed by atoms with Gasteiger partial charge < -0.3 is 14.6 Å². The zero-order chi connectivity index (χ0) is 21.8. The van der Waals surface area contributed by atoms with Crippen LogP contribution in [-0.4, -0.2) is 38.1 Å². The number of aryl methyl sites for hydroxylation is 2. The molecule has 0 saturated carbocycles. The van der Waals surface area contributed by atoms with Crippen molar-refractivity contribution in [1.29, 1.82) is 0 Å². The highest BCUT2D eigenvalue weighted by Crippen LogP contribution is 2.22. The quantitative estimate of drug-likeness (QED) is 0.594. The molecule has 29 heavy (non-hydrogen) atoms. The molecule has 1 amide bonds. The standard InChI is InChI=1S/C17H19ClFN3O6S/c1-9-16(10(2)28-22-9)29(25,26)20-7-6-15(23)27-11(3)17(24)21-14-5-4-12(19)8-13(14)18/h4-5,8,11,20H,6-7H2,1-3H3,(H,21,24)/t11-/m1/s1. The van der Waals surface area contributed by atoms with Crippen LogP contribution in [0.4, 0.5) is 10.1 Å². The highest BCUT2D eigenvalue weighted by molar-refractivity contribution is 7.89. The number of nitrogens with zero attached hydrogens (tertiary/aromatic N) is 1. The molecule has 1 heterocycles. The first-order valence-electron chi connectivity index (χ1n) is 8.39. The molecule has 0 saturated heterocycles. The van der Waals surface area contributed by atoms with E-state index in [1.165, 1.54) is 26.8 Å². The van der Waals surface area contributed by atoms with Crippen LogP contribution in [0.2, 0.25) is 5.02 Å². The minimum atomic E-state index is -3.91. The van der Waals surface area contributed by atoms with Crippen LogP contribution in [0.3, 0.4) is 0 Å². The molecule has 0 radical (unpaired) electrons. The number of rotatable bonds is 8. The van der Waals surface area contributed by atoms with Gasteiger partial charge in [-0.1, -0.05) is 16.8 Å². The number of nitrogens with one attached hydrogen (secondary N) is 2. The Labute approximate surface area is 171 Å². The molecule has 0 spiro atoms. The molecule has 0 aliphatic heterocycles. The lowest BCUT2D eigenvalue weighted by Gasteiger charge is -2.14. The van der Waals surface area contributed by atoms with E-state index < -0.39 is 33.8 Å². The molecule has 0 bridgehead atoms. The molecular weight excluding hydrogens is 429 g/mol. The number of sulfonamides is 1. The topological polar surface area (TPSA) is 128 Å². The molecule has 0 fully saturated rings. The molecule has 0 aliphatic rings. The third-order valence-corrected chi connectivity index (χ3v) is 5.74. The van der Waals surface area contributed by atoms with Crippen LogP contribution in [0.1, 0.15) is 24.8 Å². The first kappa shape index (κ1) is 22.8. The number of benzene rings is 1. The SMILES string of the molecule is Cc1noc(C)c1S(=O)(=O)NCCC(=O)O[C@H](C)C(=O)Nc1ccc(F)cc1Cl. The van der Waals surface area contributed by atoms with Gasteiger partial charge in [-0.15, -0.1) is 0 Å². The van der Waals surface area contributed by atoms with E-state index >= 15 is 0 Å². The normalized spacial score (nSPS) is 12.4. The highest BCUT2D eigenvalue weighted by atomic mass is 35.5. The molecule has 158 valence electrons. The third kappa shape index (κ3) is 5.99. The fourth-order valence-electron chi connectivity index (χ4n) is 2.35. The van der Waals surface area contributed by atoms with Crippen LogP contribution in [0.15, 0.2) is 27.6 Å². The van der Waals surface area contributed by atoms with E-state index in [4.69, 9.17) is 20.9 Å². The second kappa shape index (κ2) is 9.33. The zero-order valence-electron chi connectivity index (χ0n) is 15.8. The number of anilines is 1. The average molecular weight is 448 g/mol. The lowest BCUT2D eigenvalue weighted by molar-refractivity contribution is -0.152. The Balaban J connectivity index is 1.84. The molecule has 2 N–H and O–H groups in total. The van der Waals surface area contributed by atoms with E-state index in [2.05, 4.69) is 15.2 Å². The summed E-state index contributed by atoms with van der Waals surface area (Å²) in [6, 6.07) is 3.41. The van der Waals surface area contributed by atoms with E-state index in [1.807, 2.05) is 0 Å². The smallest absolute Gasteiger partial charge is 0.307 e. The Hall–Kier alpha value is -2.50. The summed E-state index contributed by atoms with van der Waals surface area (Å²) >= 11 is 5.82. The Morgan fingerprint density at radius 1 is 1.34 bits per heavy atom. The van der Waals surface area contributed by atoms with Crippen LogP contribution in [0.25, 0.3) is 0 Å². The predicted molar refractivity (Wildman–Crippen MR) is 101 cm³/mol. The minimum absolute atomic E-state index is 0.00870. The Kier molecular flexibility index (Phi) is 7.33. The largest absolute Gasteiger partial charge is 0.452 e. The molecule has 2 rings (SSSR count). The molecule has 9 nitrogen and oxygen atoms in total. The number of halogens is 2. The number of esters is 1. The van der Waals surface area contributed by atoms with E-state index in [-0.39, 0.29) is 40.0 Å². The van der Waals surface area contributed by atoms with Crippen molar-refractivity contribution in [3.05, 3.63) is 40.5 Å². The predicted octanol–water partition coefficient (Wildman–Crippen LogP) is 2.32. The minimum Gasteiger partial charge on any atom is -0.452 e. The van der Waals surface area contributed by atoms with Crippen molar-refractivity contribution >= 4 is 39.2 Å². The molecule has 0 aliphatic carbocycles. The molecule has 1 aromatic carbocycles. The molecule has 2 aromatic rings. The summed E-state index contributed by atoms with van der Waals surface area (Å²) in [6.45, 7) is 4.02. The fraction of sp³-hybridized carbons (Fsp3) is 0.353. The lowest BCUT2D eigenvalue weighted by atomic mass is 10.3. The Morgan fingerprint density at radius 2 is 2.03 bits per heavy atom. The Bertz CT molecular complexity index is 1000. The summed E-state index contributed by atoms with van der Waals surface area (Å²) in [5.74, 6) is -1.91. The van der Waals surface area contributed by atoms with Gasteiger partial charge in [0.1, 0.15) is 16.4 Å². The number of carbonyl (C=O) groups excluding carboxylic acids is 2. The monoisotopic (exact) mass is 447 g/mol. The van der Waals surface area contributed by atoms with E-state index in [1.54, 1.807) is 0 Å². The third-order valence-electron chi connectivity index (χ3n) is 3.72. The molecular formula is C17H19ClFN3O6S. The second-order valence-corrected chi connectivity index (χ2v) is 8.16. The number of aromatic nitrogens is 1. The van der Waals surface area contributed by atoms with Gasteiger partial charge in [0.25, 0.3) is 5.91 Å². The second-order valence-electron chi connectivity index (χ2n) is 6.05. The van der Waals surface area contributed by atoms with Crippen molar-refractivity contribution in [3.8, 4) is 0 Å². The van der Waals surface area contributed by atoms with Gasteiger partial charge in [-0.2, -0.15) is 0 Å². The lowest BCUT2D eigenvalue weighted by Crippen LogP contribution is -2.32. The fourth-order valence-corrected chi connectivity index (χ4v) is 3.92. The summed E-state index contributed by atoms with van der Waals surface area (Å²) in [4.78, 5) is 23.9. The van der Waals surface area contributed by atoms with Crippen LogP contribution >= 0.6 is 11.6 Å². The summed E-state index contributed by atoms with van der Waals surface area (Å²) in [5.41, 5.74) is 0.357. The van der Waals surface area contributed by atoms with E-state index in [0.29, 0.717) is 0 Å². The van der Waals surface area contributed by atoms with E-state index in [0.717, 1.165) is 12.1 Å². The number of hydrogen-bond donors (Lipinski definition) is 2. The first-order valence-corrected chi connectivity index (χ1v) is 10.3. The van der Waals surface area contributed by atoms with Crippen molar-refractivity contribution in [2.75, 3.05) is 11.9 Å². The molecule has 1 aromatic heterocycles. The summed E-state index contributed by atoms with van der Waals surface area (Å²) in [6.07, 6.45) is -1.49. The van der Waals surface area contributed by atoms with Gasteiger partial charge in [0.15, 0.2) is 11.9 Å². The number of amides is 1. The van der Waals surface area contributed by atoms with Gasteiger partial charge in [0, 0.05) is 6.54 Å². The van der Waals surface area contributed by atoms with Crippen molar-refractivity contribution < 1.29 is 31.7 Å². The van der Waals surface area contributed by atoms with Crippen LogP contribution < -0.4 is 10.0 Å². The van der Waals surface area contributed by atoms with Gasteiger partial charge in [-0.25, -0.2) is 17.5 Å². The van der Waals surface area contributed by atoms with Gasteiger partial charge in [-0.05, 0) is 39.0 Å². The maximum atomic E-state index is 13.0. The number of carbonyl (C=O) groups is 2. The summed E-state index contributed by atoms with van der Waals surface area (Å²) in [5, 5.41) is 5.97. The van der Waals surface area contributed by atoms with Crippen molar-refractivity contribution in [1.82, 2.24) is 9.88 Å². The van der Waals surface area contributed by atoms with Crippen molar-refractivity contribution in [2.45, 2.75) is 38.2 Å². The maximum absolute atomic E-state index is 13.0. The Morgan fingerprint density at radius 3 is 2.62 bits per heavy atom. The summed E-state index contributed by atoms with van der Waals surface area (Å²) in [7, 11) is -3.91. The maximum Gasteiger partial charge on any atom is 0.307 e. The van der Waals surface area contributed by atoms with Crippen LogP contribution in [0.5, 0.6) is 0 Å². The van der Waals surface area contributed by atoms with Gasteiger partial charge in [0.2, 0.25) is 10.0 Å². The van der Waals surface area contributed by atoms with E-state index in [9.17, 15) is 22.4 Å². The molecule has 12 heteroatoms. The van der Waals surface area contributed by atoms with Gasteiger partial charge in [-0.3, -0.25) is 9.59 Å². The van der Waals surface area contributed by atoms with Gasteiger partial charge in [0.05, 0.1) is 17.1 Å². The first-order chi connectivity index (χ1) is 13.5. The van der Waals surface area contributed by atoms with Crippen molar-refractivity contribution in [3.63, 3.8) is 0 Å². The zero-order valence-corrected chi connectivity index (χ0v) is 17.4. The molecule has 0 unspecified atom stereocenters. The van der Waals surface area contributed by atoms with Gasteiger partial charge >= 0.3 is 5.97 Å². The number of ether oxygens (including phenoxy) is 1. The van der Waals surface area contributed by atoms with Crippen LogP contribution in [-0.2, 0) is 24.3 Å². The highest BCUT2D eigenvalue weighted by Gasteiger charge is 2.24. The average Bonchev–Trinajstić information content (AvgIpc) is 2.96. The van der Waals surface area contributed by atoms with Crippen LogP contribution in [0, 0.1) is 19.7 Å². The molecule has 1 atom stereocenters. The number of hydrogen-bond acceptors (Lipinski definition) is 7.